The molecule has 21 heavy (non-hydrogen) atoms. The molecule has 0 atom stereocenters. The number of nitrogens with one attached hydrogen (secondary N) is 1. The number of carbonyl (C=O) groups excluding carboxylic acids is 1. The third-order valence-electron chi connectivity index (χ3n) is 3.12. The van der Waals surface area contributed by atoms with E-state index in [0.29, 0.717) is 11.2 Å². The highest BCUT2D eigenvalue weighted by Gasteiger charge is 2.12. The largest absolute Gasteiger partial charge is 0.398 e. The van der Waals surface area contributed by atoms with Crippen molar-refractivity contribution in [3.05, 3.63) is 36.0 Å². The molecule has 0 aliphatic carbocycles. The molecule has 0 saturated heterocycles. The first-order valence-corrected chi connectivity index (χ1v) is 8.39. The van der Waals surface area contributed by atoms with E-state index >= 15 is 0 Å². The van der Waals surface area contributed by atoms with Crippen LogP contribution in [0, 0.1) is 0 Å². The van der Waals surface area contributed by atoms with Gasteiger partial charge in [-0.1, -0.05) is 25.1 Å². The predicted octanol–water partition coefficient (Wildman–Crippen LogP) is 0.982. The highest BCUT2D eigenvalue weighted by Crippen LogP contribution is 2.19. The number of sulfone groups is 1. The van der Waals surface area contributed by atoms with Crippen LogP contribution in [0.5, 0.6) is 0 Å². The normalized spacial score (nSPS) is 11.5. The summed E-state index contributed by atoms with van der Waals surface area (Å²) >= 11 is 0. The molecule has 6 nitrogen and oxygen atoms in total. The zero-order valence-corrected chi connectivity index (χ0v) is 12.5. The molecule has 0 saturated carbocycles. The summed E-state index contributed by atoms with van der Waals surface area (Å²) in [7, 11) is -3.10. The Labute approximate surface area is 123 Å². The van der Waals surface area contributed by atoms with Crippen LogP contribution in [-0.2, 0) is 9.84 Å². The van der Waals surface area contributed by atoms with Gasteiger partial charge in [-0.15, -0.1) is 0 Å². The van der Waals surface area contributed by atoms with E-state index in [9.17, 15) is 13.2 Å². The van der Waals surface area contributed by atoms with Crippen molar-refractivity contribution in [3.63, 3.8) is 0 Å². The molecule has 1 aromatic carbocycles. The number of nitrogens with two attached hydrogens (primary N) is 1. The van der Waals surface area contributed by atoms with E-state index in [1.54, 1.807) is 13.0 Å². The van der Waals surface area contributed by atoms with Crippen molar-refractivity contribution in [3.8, 4) is 0 Å². The van der Waals surface area contributed by atoms with Crippen LogP contribution in [0.2, 0.25) is 0 Å². The van der Waals surface area contributed by atoms with Crippen LogP contribution in [0.25, 0.3) is 10.9 Å². The Hall–Kier alpha value is -2.15. The van der Waals surface area contributed by atoms with E-state index in [2.05, 4.69) is 10.3 Å². The lowest BCUT2D eigenvalue weighted by molar-refractivity contribution is 0.0951. The molecule has 1 aromatic heterocycles. The molecule has 2 aromatic rings. The highest BCUT2D eigenvalue weighted by atomic mass is 32.2. The molecule has 1 amide bonds. The summed E-state index contributed by atoms with van der Waals surface area (Å²) in [5.74, 6) is -0.457. The number of hydrogen-bond donors (Lipinski definition) is 2. The summed E-state index contributed by atoms with van der Waals surface area (Å²) in [6, 6.07) is 8.74. The molecule has 0 aliphatic heterocycles. The van der Waals surface area contributed by atoms with Crippen LogP contribution in [0.3, 0.4) is 0 Å². The number of aromatic nitrogens is 1. The van der Waals surface area contributed by atoms with Gasteiger partial charge in [0.25, 0.3) is 5.91 Å². The van der Waals surface area contributed by atoms with Gasteiger partial charge in [0.05, 0.1) is 11.3 Å². The molecule has 0 aliphatic rings. The minimum absolute atomic E-state index is 0.0589. The van der Waals surface area contributed by atoms with Gasteiger partial charge in [-0.2, -0.15) is 0 Å². The van der Waals surface area contributed by atoms with Gasteiger partial charge in [0.1, 0.15) is 5.69 Å². The van der Waals surface area contributed by atoms with Gasteiger partial charge < -0.3 is 11.1 Å². The van der Waals surface area contributed by atoms with Crippen molar-refractivity contribution in [1.82, 2.24) is 10.3 Å². The fraction of sp³-hybridized carbons (Fsp3) is 0.286. The van der Waals surface area contributed by atoms with Gasteiger partial charge >= 0.3 is 0 Å². The maximum Gasteiger partial charge on any atom is 0.270 e. The molecule has 7 heteroatoms. The zero-order valence-electron chi connectivity index (χ0n) is 11.7. The quantitative estimate of drug-likeness (QED) is 0.857. The molecule has 3 N–H and O–H groups in total. The van der Waals surface area contributed by atoms with Crippen molar-refractivity contribution < 1.29 is 13.2 Å². The van der Waals surface area contributed by atoms with Crippen LogP contribution in [0.15, 0.2) is 30.3 Å². The average Bonchev–Trinajstić information content (AvgIpc) is 2.47. The second-order valence-corrected chi connectivity index (χ2v) is 7.08. The number of benzene rings is 1. The van der Waals surface area contributed by atoms with Gasteiger partial charge in [-0.3, -0.25) is 4.79 Å². The number of carbonyl (C=O) groups is 1. The average molecular weight is 307 g/mol. The molecular formula is C14H17N3O3S. The van der Waals surface area contributed by atoms with E-state index < -0.39 is 15.7 Å². The Morgan fingerprint density at radius 1 is 1.33 bits per heavy atom. The number of nitrogens with zero attached hydrogens (tertiary/aromatic N) is 1. The summed E-state index contributed by atoms with van der Waals surface area (Å²) in [6.45, 7) is 1.63. The number of hydrogen-bond acceptors (Lipinski definition) is 5. The standard InChI is InChI=1S/C14H17N3O3S/c1-2-21(19,20)8-7-16-14(18)13-9-11(15)10-5-3-4-6-12(10)17-13/h3-6,9H,2,7-8H2,1H3,(H2,15,17)(H,16,18). The maximum atomic E-state index is 12.0. The summed E-state index contributed by atoms with van der Waals surface area (Å²) < 4.78 is 22.7. The number of amides is 1. The first-order valence-electron chi connectivity index (χ1n) is 6.57. The summed E-state index contributed by atoms with van der Waals surface area (Å²) in [6.07, 6.45) is 0. The number of rotatable bonds is 5. The van der Waals surface area contributed by atoms with Crippen LogP contribution in [-0.4, -0.2) is 37.4 Å². The number of pyridine rings is 1. The molecular weight excluding hydrogens is 290 g/mol. The Balaban J connectivity index is 2.13. The first-order chi connectivity index (χ1) is 9.93. The SMILES string of the molecule is CCS(=O)(=O)CCNC(=O)c1cc(N)c2ccccc2n1. The van der Waals surface area contributed by atoms with Gasteiger partial charge in [-0.25, -0.2) is 13.4 Å². The smallest absolute Gasteiger partial charge is 0.270 e. The fourth-order valence-corrected chi connectivity index (χ4v) is 2.58. The minimum atomic E-state index is -3.10. The number of nitrogen functional groups attached to an aromatic ring is 1. The van der Waals surface area contributed by atoms with Crippen molar-refractivity contribution >= 4 is 32.3 Å². The highest BCUT2D eigenvalue weighted by molar-refractivity contribution is 7.91. The third kappa shape index (κ3) is 3.69. The lowest BCUT2D eigenvalue weighted by Crippen LogP contribution is -2.30. The second kappa shape index (κ2) is 6.09. The van der Waals surface area contributed by atoms with Crippen LogP contribution in [0.4, 0.5) is 5.69 Å². The van der Waals surface area contributed by atoms with Gasteiger partial charge in [0.2, 0.25) is 0 Å². The molecule has 0 unspecified atom stereocenters. The Bertz CT molecular complexity index is 772. The van der Waals surface area contributed by atoms with Gasteiger partial charge in [0, 0.05) is 23.4 Å². The monoisotopic (exact) mass is 307 g/mol. The molecule has 112 valence electrons. The molecule has 1 heterocycles. The zero-order chi connectivity index (χ0) is 15.5. The molecule has 0 bridgehead atoms. The lowest BCUT2D eigenvalue weighted by Gasteiger charge is -2.07. The topological polar surface area (TPSA) is 102 Å². The van der Waals surface area contributed by atoms with Gasteiger partial charge in [-0.05, 0) is 12.1 Å². The number of para-hydroxylation sites is 1. The third-order valence-corrected chi connectivity index (χ3v) is 4.83. The van der Waals surface area contributed by atoms with Crippen LogP contribution >= 0.6 is 0 Å². The minimum Gasteiger partial charge on any atom is -0.398 e. The van der Waals surface area contributed by atoms with Crippen molar-refractivity contribution in [2.45, 2.75) is 6.92 Å². The van der Waals surface area contributed by atoms with E-state index in [-0.39, 0.29) is 23.7 Å². The van der Waals surface area contributed by atoms with Crippen LogP contribution < -0.4 is 11.1 Å². The maximum absolute atomic E-state index is 12.0. The van der Waals surface area contributed by atoms with E-state index in [4.69, 9.17) is 5.73 Å². The molecule has 0 spiro atoms. The summed E-state index contributed by atoms with van der Waals surface area (Å²) in [5.41, 5.74) is 7.17. The van der Waals surface area contributed by atoms with Crippen molar-refractivity contribution in [2.75, 3.05) is 23.8 Å². The Kier molecular flexibility index (Phi) is 4.42. The van der Waals surface area contributed by atoms with E-state index in [1.807, 2.05) is 18.2 Å². The van der Waals surface area contributed by atoms with E-state index in [0.717, 1.165) is 5.39 Å². The summed E-state index contributed by atoms with van der Waals surface area (Å²) in [4.78, 5) is 16.2. The number of anilines is 1. The fourth-order valence-electron chi connectivity index (χ4n) is 1.87. The molecule has 0 fully saturated rings. The second-order valence-electron chi connectivity index (χ2n) is 4.61. The number of fused-ring (bicyclic) bond motifs is 1. The van der Waals surface area contributed by atoms with Crippen molar-refractivity contribution in [2.24, 2.45) is 0 Å². The molecule has 0 radical (unpaired) electrons. The summed E-state index contributed by atoms with van der Waals surface area (Å²) in [5, 5.41) is 3.33. The Morgan fingerprint density at radius 2 is 2.05 bits per heavy atom. The van der Waals surface area contributed by atoms with Crippen LogP contribution in [0.1, 0.15) is 17.4 Å². The first kappa shape index (κ1) is 15.2. The Morgan fingerprint density at radius 3 is 2.76 bits per heavy atom. The van der Waals surface area contributed by atoms with Gasteiger partial charge in [0.15, 0.2) is 9.84 Å². The predicted molar refractivity (Wildman–Crippen MR) is 82.8 cm³/mol. The van der Waals surface area contributed by atoms with Crippen molar-refractivity contribution in [1.29, 1.82) is 0 Å². The molecule has 2 rings (SSSR count). The lowest BCUT2D eigenvalue weighted by atomic mass is 10.1. The van der Waals surface area contributed by atoms with E-state index in [1.165, 1.54) is 6.07 Å².